The molecule has 0 heterocycles. The molecular formula is C12H14BrClO4S. The first-order valence-corrected chi connectivity index (χ1v) is 8.42. The number of benzene rings is 1. The van der Waals surface area contributed by atoms with Gasteiger partial charge in [0.2, 0.25) is 0 Å². The normalized spacial score (nSPS) is 11.1. The number of thiol groups is 1. The summed E-state index contributed by atoms with van der Waals surface area (Å²) in [5.41, 5.74) is 1.42. The van der Waals surface area contributed by atoms with Crippen LogP contribution >= 0.6 is 27.5 Å². The third-order valence-electron chi connectivity index (χ3n) is 2.34. The van der Waals surface area contributed by atoms with Gasteiger partial charge in [-0.15, -0.1) is 0 Å². The van der Waals surface area contributed by atoms with Crippen molar-refractivity contribution in [3.63, 3.8) is 0 Å². The van der Waals surface area contributed by atoms with Crippen LogP contribution in [-0.2, 0) is 26.5 Å². The van der Waals surface area contributed by atoms with Crippen LogP contribution < -0.4 is 0 Å². The van der Waals surface area contributed by atoms with E-state index < -0.39 is 16.7 Å². The van der Waals surface area contributed by atoms with Gasteiger partial charge in [0.15, 0.2) is 0 Å². The van der Waals surface area contributed by atoms with Crippen LogP contribution in [0.3, 0.4) is 0 Å². The first-order valence-electron chi connectivity index (χ1n) is 5.55. The van der Waals surface area contributed by atoms with Gasteiger partial charge in [0.25, 0.3) is 0 Å². The van der Waals surface area contributed by atoms with E-state index in [0.29, 0.717) is 16.5 Å². The fourth-order valence-electron chi connectivity index (χ4n) is 1.53. The van der Waals surface area contributed by atoms with Crippen LogP contribution in [0.4, 0.5) is 0 Å². The molecule has 1 aromatic rings. The van der Waals surface area contributed by atoms with Gasteiger partial charge in [0, 0.05) is 5.33 Å². The molecule has 0 aliphatic carbocycles. The SMILES string of the molecule is CC(C)OC(=O)c1ccc(C[SH](=O)=O)c(CBr)c1Cl. The van der Waals surface area contributed by atoms with Crippen LogP contribution in [0.2, 0.25) is 5.02 Å². The fourth-order valence-corrected chi connectivity index (χ4v) is 3.23. The summed E-state index contributed by atoms with van der Waals surface area (Å²) in [6.07, 6.45) is -0.244. The molecule has 1 rings (SSSR count). The molecule has 0 radical (unpaired) electrons. The third kappa shape index (κ3) is 4.47. The lowest BCUT2D eigenvalue weighted by Crippen LogP contribution is -2.13. The highest BCUT2D eigenvalue weighted by Crippen LogP contribution is 2.28. The van der Waals surface area contributed by atoms with E-state index in [1.165, 1.54) is 6.07 Å². The molecule has 0 atom stereocenters. The molecule has 0 aliphatic rings. The maximum Gasteiger partial charge on any atom is 0.339 e. The molecule has 19 heavy (non-hydrogen) atoms. The lowest BCUT2D eigenvalue weighted by molar-refractivity contribution is 0.0378. The minimum Gasteiger partial charge on any atom is -0.459 e. The maximum absolute atomic E-state index is 11.8. The van der Waals surface area contributed by atoms with Crippen molar-refractivity contribution >= 4 is 44.2 Å². The Hall–Kier alpha value is -0.590. The summed E-state index contributed by atoms with van der Waals surface area (Å²) >= 11 is 9.40. The fraction of sp³-hybridized carbons (Fsp3) is 0.417. The molecule has 4 nitrogen and oxygen atoms in total. The van der Waals surface area contributed by atoms with E-state index in [2.05, 4.69) is 15.9 Å². The van der Waals surface area contributed by atoms with E-state index >= 15 is 0 Å². The largest absolute Gasteiger partial charge is 0.459 e. The lowest BCUT2D eigenvalue weighted by Gasteiger charge is -2.13. The van der Waals surface area contributed by atoms with Crippen molar-refractivity contribution in [2.75, 3.05) is 0 Å². The number of alkyl halides is 1. The third-order valence-corrected chi connectivity index (χ3v) is 3.93. The second-order valence-corrected chi connectivity index (χ2v) is 6.06. The topological polar surface area (TPSA) is 60.4 Å². The lowest BCUT2D eigenvalue weighted by atomic mass is 10.1. The Bertz CT molecular complexity index is 547. The average molecular weight is 370 g/mol. The maximum atomic E-state index is 11.8. The number of hydrogen-bond donors (Lipinski definition) is 1. The van der Waals surface area contributed by atoms with Gasteiger partial charge in [0.1, 0.15) is 10.7 Å². The standard InChI is InChI=1S/C12H14BrClO4S/c1-7(2)18-12(15)9-4-3-8(6-19(16)17)10(5-13)11(9)14/h3-4,7,19H,5-6H2,1-2H3. The molecular weight excluding hydrogens is 356 g/mol. The summed E-state index contributed by atoms with van der Waals surface area (Å²) < 4.78 is 26.7. The molecule has 0 unspecified atom stereocenters. The summed E-state index contributed by atoms with van der Waals surface area (Å²) in [7, 11) is -2.55. The van der Waals surface area contributed by atoms with E-state index in [0.717, 1.165) is 0 Å². The van der Waals surface area contributed by atoms with Crippen molar-refractivity contribution < 1.29 is 17.9 Å². The monoisotopic (exact) mass is 368 g/mol. The van der Waals surface area contributed by atoms with Crippen molar-refractivity contribution in [1.82, 2.24) is 0 Å². The summed E-state index contributed by atoms with van der Waals surface area (Å²) in [6.45, 7) is 3.49. The Kier molecular flexibility index (Phi) is 6.29. The van der Waals surface area contributed by atoms with Crippen molar-refractivity contribution in [3.8, 4) is 0 Å². The van der Waals surface area contributed by atoms with E-state index in [4.69, 9.17) is 16.3 Å². The molecule has 0 saturated carbocycles. The molecule has 0 aromatic heterocycles. The molecule has 0 bridgehead atoms. The predicted molar refractivity (Wildman–Crippen MR) is 78.7 cm³/mol. The highest BCUT2D eigenvalue weighted by molar-refractivity contribution is 9.08. The molecule has 7 heteroatoms. The molecule has 0 aliphatic heterocycles. The van der Waals surface area contributed by atoms with Crippen LogP contribution in [0.5, 0.6) is 0 Å². The zero-order valence-corrected chi connectivity index (χ0v) is 13.7. The number of hydrogen-bond acceptors (Lipinski definition) is 4. The van der Waals surface area contributed by atoms with Crippen molar-refractivity contribution in [1.29, 1.82) is 0 Å². The first kappa shape index (κ1) is 16.5. The zero-order chi connectivity index (χ0) is 14.6. The zero-order valence-electron chi connectivity index (χ0n) is 10.5. The Morgan fingerprint density at radius 3 is 2.53 bits per heavy atom. The number of carbonyl (C=O) groups excluding carboxylic acids is 1. The van der Waals surface area contributed by atoms with Crippen LogP contribution in [0, 0.1) is 0 Å². The van der Waals surface area contributed by atoms with Crippen LogP contribution in [-0.4, -0.2) is 20.5 Å². The predicted octanol–water partition coefficient (Wildman–Crippen LogP) is 2.91. The smallest absolute Gasteiger partial charge is 0.339 e. The number of esters is 1. The van der Waals surface area contributed by atoms with Crippen molar-refractivity contribution in [2.45, 2.75) is 31.0 Å². The van der Waals surface area contributed by atoms with E-state index in [1.807, 2.05) is 0 Å². The number of ether oxygens (including phenoxy) is 1. The minimum atomic E-state index is -2.55. The van der Waals surface area contributed by atoms with Gasteiger partial charge in [-0.1, -0.05) is 33.6 Å². The summed E-state index contributed by atoms with van der Waals surface area (Å²) in [4.78, 5) is 11.8. The van der Waals surface area contributed by atoms with Gasteiger partial charge >= 0.3 is 5.97 Å². The highest BCUT2D eigenvalue weighted by Gasteiger charge is 2.18. The van der Waals surface area contributed by atoms with Crippen LogP contribution in [0.1, 0.15) is 35.3 Å². The van der Waals surface area contributed by atoms with Crippen molar-refractivity contribution in [2.24, 2.45) is 0 Å². The molecule has 0 saturated heterocycles. The summed E-state index contributed by atoms with van der Waals surface area (Å²) in [5.74, 6) is -0.615. The van der Waals surface area contributed by atoms with Gasteiger partial charge in [0.05, 0.1) is 22.4 Å². The van der Waals surface area contributed by atoms with Gasteiger partial charge in [-0.2, -0.15) is 0 Å². The van der Waals surface area contributed by atoms with E-state index in [-0.39, 0.29) is 22.4 Å². The van der Waals surface area contributed by atoms with E-state index in [1.54, 1.807) is 19.9 Å². The molecule has 0 spiro atoms. The molecule has 0 N–H and O–H groups in total. The Balaban J connectivity index is 3.20. The quantitative estimate of drug-likeness (QED) is 0.492. The Morgan fingerprint density at radius 2 is 2.05 bits per heavy atom. The molecule has 0 amide bonds. The molecule has 106 valence electrons. The van der Waals surface area contributed by atoms with E-state index in [9.17, 15) is 13.2 Å². The van der Waals surface area contributed by atoms with Gasteiger partial charge in [-0.25, -0.2) is 13.2 Å². The molecule has 0 fully saturated rings. The Morgan fingerprint density at radius 1 is 1.42 bits per heavy atom. The van der Waals surface area contributed by atoms with Crippen molar-refractivity contribution in [3.05, 3.63) is 33.8 Å². The average Bonchev–Trinajstić information content (AvgIpc) is 2.27. The number of carbonyl (C=O) groups is 1. The number of rotatable bonds is 5. The second-order valence-electron chi connectivity index (χ2n) is 4.14. The second kappa shape index (κ2) is 7.26. The Labute approximate surface area is 127 Å². The van der Waals surface area contributed by atoms with Gasteiger partial charge in [-0.3, -0.25) is 0 Å². The molecule has 1 aromatic carbocycles. The summed E-state index contributed by atoms with van der Waals surface area (Å²) in [5, 5.41) is 0.601. The summed E-state index contributed by atoms with van der Waals surface area (Å²) in [6, 6.07) is 3.08. The van der Waals surface area contributed by atoms with Crippen LogP contribution in [0.25, 0.3) is 0 Å². The minimum absolute atomic E-state index is 0.102. The van der Waals surface area contributed by atoms with Gasteiger partial charge in [-0.05, 0) is 31.0 Å². The van der Waals surface area contributed by atoms with Crippen LogP contribution in [0.15, 0.2) is 12.1 Å². The van der Waals surface area contributed by atoms with Gasteiger partial charge < -0.3 is 4.74 Å². The highest BCUT2D eigenvalue weighted by atomic mass is 79.9. The number of halogens is 2. The first-order chi connectivity index (χ1) is 8.86.